The average Bonchev–Trinajstić information content (AvgIpc) is 2.89. The molecule has 0 bridgehead atoms. The number of benzene rings is 1. The van der Waals surface area contributed by atoms with Crippen LogP contribution in [0.2, 0.25) is 0 Å². The van der Waals surface area contributed by atoms with E-state index in [-0.39, 0.29) is 40.8 Å². The first kappa shape index (κ1) is 17.9. The van der Waals surface area contributed by atoms with E-state index in [9.17, 15) is 14.4 Å². The van der Waals surface area contributed by atoms with Gasteiger partial charge in [-0.1, -0.05) is 37.7 Å². The molecule has 25 heavy (non-hydrogen) atoms. The quantitative estimate of drug-likeness (QED) is 0.891. The minimum Gasteiger partial charge on any atom is -0.338 e. The molecule has 1 atom stereocenters. The molecular weight excluding hydrogens is 338 g/mol. The normalized spacial score (nSPS) is 23.2. The number of piperidine rings is 1. The van der Waals surface area contributed by atoms with E-state index in [4.69, 9.17) is 5.73 Å². The average molecular weight is 361 g/mol. The Morgan fingerprint density at radius 1 is 1.36 bits per heavy atom. The van der Waals surface area contributed by atoms with Crippen molar-refractivity contribution in [2.45, 2.75) is 32.9 Å². The van der Waals surface area contributed by atoms with Crippen molar-refractivity contribution < 1.29 is 14.4 Å². The monoisotopic (exact) mass is 361 g/mol. The molecule has 0 aromatic heterocycles. The summed E-state index contributed by atoms with van der Waals surface area (Å²) in [7, 11) is 0. The fraction of sp³-hybridized carbons (Fsp3) is 0.500. The van der Waals surface area contributed by atoms with Gasteiger partial charge in [-0.05, 0) is 29.5 Å². The maximum absolute atomic E-state index is 12.8. The third kappa shape index (κ3) is 3.72. The first-order chi connectivity index (χ1) is 11.8. The molecule has 6 nitrogen and oxygen atoms in total. The fourth-order valence-electron chi connectivity index (χ4n) is 3.25. The third-order valence-corrected chi connectivity index (χ3v) is 5.81. The number of rotatable bonds is 3. The number of amides is 3. The number of hydrogen-bond acceptors (Lipinski definition) is 5. The molecular formula is C18H23N3O3S. The zero-order chi connectivity index (χ0) is 18.2. The van der Waals surface area contributed by atoms with Gasteiger partial charge in [0, 0.05) is 24.7 Å². The van der Waals surface area contributed by atoms with E-state index in [0.717, 1.165) is 23.7 Å². The maximum atomic E-state index is 12.8. The predicted octanol–water partition coefficient (Wildman–Crippen LogP) is 2.08. The first-order valence-corrected chi connectivity index (χ1v) is 9.37. The molecule has 7 heteroatoms. The van der Waals surface area contributed by atoms with Crippen LogP contribution < -0.4 is 5.73 Å². The van der Waals surface area contributed by atoms with Gasteiger partial charge in [0.2, 0.25) is 5.91 Å². The largest absolute Gasteiger partial charge is 0.338 e. The molecule has 3 rings (SSSR count). The summed E-state index contributed by atoms with van der Waals surface area (Å²) in [6, 6.07) is 7.26. The Kier molecular flexibility index (Phi) is 4.88. The van der Waals surface area contributed by atoms with Gasteiger partial charge in [-0.15, -0.1) is 0 Å². The summed E-state index contributed by atoms with van der Waals surface area (Å²) in [5.41, 5.74) is 7.39. The Hall–Kier alpha value is -1.86. The van der Waals surface area contributed by atoms with Gasteiger partial charge in [0.25, 0.3) is 11.1 Å². The maximum Gasteiger partial charge on any atom is 0.289 e. The number of nitrogens with zero attached hydrogens (tertiary/aromatic N) is 2. The number of carbonyl (C=O) groups excluding carboxylic acids is 3. The Bertz CT molecular complexity index is 703. The number of hydrogen-bond donors (Lipinski definition) is 1. The Morgan fingerprint density at radius 3 is 2.76 bits per heavy atom. The standard InChI is InChI=1S/C18H23N3O3S/c1-18(2)11-20(7-6-14(18)19)16(23)13-5-3-4-12(8-13)9-21-15(22)10-25-17(21)24/h3-5,8,14H,6-7,9-11,19H2,1-2H3. The van der Waals surface area contributed by atoms with E-state index < -0.39 is 0 Å². The number of carbonyl (C=O) groups is 3. The molecule has 1 aromatic carbocycles. The molecule has 0 spiro atoms. The highest BCUT2D eigenvalue weighted by Gasteiger charge is 2.35. The van der Waals surface area contributed by atoms with Crippen LogP contribution in [0.15, 0.2) is 24.3 Å². The Morgan fingerprint density at radius 2 is 2.12 bits per heavy atom. The van der Waals surface area contributed by atoms with E-state index in [1.807, 2.05) is 11.0 Å². The molecule has 3 amide bonds. The van der Waals surface area contributed by atoms with Crippen LogP contribution in [0.3, 0.4) is 0 Å². The summed E-state index contributed by atoms with van der Waals surface area (Å²) in [6.45, 7) is 5.64. The number of nitrogens with two attached hydrogens (primary N) is 1. The van der Waals surface area contributed by atoms with Crippen molar-refractivity contribution in [2.24, 2.45) is 11.1 Å². The Balaban J connectivity index is 1.74. The van der Waals surface area contributed by atoms with E-state index >= 15 is 0 Å². The van der Waals surface area contributed by atoms with Crippen LogP contribution in [0, 0.1) is 5.41 Å². The van der Waals surface area contributed by atoms with Crippen LogP contribution in [-0.2, 0) is 11.3 Å². The van der Waals surface area contributed by atoms with Gasteiger partial charge in [0.15, 0.2) is 0 Å². The molecule has 2 aliphatic heterocycles. The first-order valence-electron chi connectivity index (χ1n) is 8.39. The lowest BCUT2D eigenvalue weighted by Gasteiger charge is -2.42. The fourth-order valence-corrected chi connectivity index (χ4v) is 3.97. The zero-order valence-electron chi connectivity index (χ0n) is 14.5. The Labute approximate surface area is 151 Å². The van der Waals surface area contributed by atoms with E-state index in [1.165, 1.54) is 4.90 Å². The van der Waals surface area contributed by atoms with Crippen LogP contribution in [0.4, 0.5) is 4.79 Å². The minimum absolute atomic E-state index is 0.0322. The highest BCUT2D eigenvalue weighted by Crippen LogP contribution is 2.29. The molecule has 0 aliphatic carbocycles. The van der Waals surface area contributed by atoms with Crippen molar-refractivity contribution >= 4 is 28.8 Å². The second-order valence-corrected chi connectivity index (χ2v) is 8.27. The van der Waals surface area contributed by atoms with E-state index in [2.05, 4.69) is 13.8 Å². The van der Waals surface area contributed by atoms with Crippen LogP contribution in [0.5, 0.6) is 0 Å². The number of imide groups is 1. The summed E-state index contributed by atoms with van der Waals surface area (Å²) < 4.78 is 0. The lowest BCUT2D eigenvalue weighted by atomic mass is 9.79. The highest BCUT2D eigenvalue weighted by molar-refractivity contribution is 8.14. The molecule has 0 saturated carbocycles. The van der Waals surface area contributed by atoms with Crippen molar-refractivity contribution in [3.05, 3.63) is 35.4 Å². The summed E-state index contributed by atoms with van der Waals surface area (Å²) in [6.07, 6.45) is 0.784. The van der Waals surface area contributed by atoms with Crippen LogP contribution in [-0.4, -0.2) is 51.7 Å². The van der Waals surface area contributed by atoms with Gasteiger partial charge in [-0.2, -0.15) is 0 Å². The molecule has 0 radical (unpaired) electrons. The second-order valence-electron chi connectivity index (χ2n) is 7.35. The molecule has 134 valence electrons. The van der Waals surface area contributed by atoms with Gasteiger partial charge in [0.05, 0.1) is 12.3 Å². The zero-order valence-corrected chi connectivity index (χ0v) is 15.3. The van der Waals surface area contributed by atoms with Gasteiger partial charge < -0.3 is 10.6 Å². The molecule has 2 aliphatic rings. The van der Waals surface area contributed by atoms with Gasteiger partial charge in [-0.25, -0.2) is 0 Å². The summed E-state index contributed by atoms with van der Waals surface area (Å²) >= 11 is 1.02. The molecule has 1 unspecified atom stereocenters. The molecule has 1 aromatic rings. The lowest BCUT2D eigenvalue weighted by Crippen LogP contribution is -2.54. The van der Waals surface area contributed by atoms with Gasteiger partial charge in [0.1, 0.15) is 0 Å². The molecule has 2 saturated heterocycles. The highest BCUT2D eigenvalue weighted by atomic mass is 32.2. The third-order valence-electron chi connectivity index (χ3n) is 4.95. The summed E-state index contributed by atoms with van der Waals surface area (Å²) in [5.74, 6) is -0.0191. The van der Waals surface area contributed by atoms with E-state index in [0.29, 0.717) is 18.7 Å². The summed E-state index contributed by atoms with van der Waals surface area (Å²) in [4.78, 5) is 39.4. The second kappa shape index (κ2) is 6.80. The minimum atomic E-state index is -0.228. The van der Waals surface area contributed by atoms with Crippen molar-refractivity contribution in [3.8, 4) is 0 Å². The molecule has 2 heterocycles. The van der Waals surface area contributed by atoms with Gasteiger partial charge >= 0.3 is 0 Å². The molecule has 2 fully saturated rings. The van der Waals surface area contributed by atoms with Gasteiger partial charge in [-0.3, -0.25) is 19.3 Å². The van der Waals surface area contributed by atoms with Crippen molar-refractivity contribution in [1.82, 2.24) is 9.80 Å². The van der Waals surface area contributed by atoms with Crippen LogP contribution >= 0.6 is 11.8 Å². The number of likely N-dealkylation sites (tertiary alicyclic amines) is 1. The van der Waals surface area contributed by atoms with Crippen molar-refractivity contribution in [1.29, 1.82) is 0 Å². The van der Waals surface area contributed by atoms with Crippen molar-refractivity contribution in [3.63, 3.8) is 0 Å². The lowest BCUT2D eigenvalue weighted by molar-refractivity contribution is -0.125. The predicted molar refractivity (Wildman–Crippen MR) is 97.1 cm³/mol. The van der Waals surface area contributed by atoms with Crippen LogP contribution in [0.1, 0.15) is 36.2 Å². The van der Waals surface area contributed by atoms with Crippen molar-refractivity contribution in [2.75, 3.05) is 18.8 Å². The summed E-state index contributed by atoms with van der Waals surface area (Å²) in [5, 5.41) is -0.228. The van der Waals surface area contributed by atoms with E-state index in [1.54, 1.807) is 18.2 Å². The number of thioether (sulfide) groups is 1. The SMILES string of the molecule is CC1(C)CN(C(=O)c2cccc(CN3C(=O)CSC3=O)c2)CCC1N. The smallest absolute Gasteiger partial charge is 0.289 e. The topological polar surface area (TPSA) is 83.7 Å². The molecule has 2 N–H and O–H groups in total. The van der Waals surface area contributed by atoms with Crippen LogP contribution in [0.25, 0.3) is 0 Å².